The smallest absolute Gasteiger partial charge is 0.433 e. The number of fused-ring (bicyclic) bond motifs is 1. The van der Waals surface area contributed by atoms with Crippen LogP contribution in [-0.2, 0) is 16.0 Å². The Morgan fingerprint density at radius 2 is 1.55 bits per heavy atom. The van der Waals surface area contributed by atoms with Crippen LogP contribution in [0.1, 0.15) is 5.69 Å². The maximum atomic E-state index is 13.2. The van der Waals surface area contributed by atoms with Crippen LogP contribution >= 0.6 is 0 Å². The summed E-state index contributed by atoms with van der Waals surface area (Å²) in [5.74, 6) is 0.102. The minimum atomic E-state index is -4.61. The first kappa shape index (κ1) is 20.8. The topological polar surface area (TPSA) is 77.2 Å². The lowest BCUT2D eigenvalue weighted by atomic mass is 9.99. The summed E-state index contributed by atoms with van der Waals surface area (Å²) in [5, 5.41) is 0.258. The molecule has 5 nitrogen and oxygen atoms in total. The molecule has 2 aromatic carbocycles. The summed E-state index contributed by atoms with van der Waals surface area (Å²) in [6, 6.07) is 14.1. The summed E-state index contributed by atoms with van der Waals surface area (Å²) in [6.07, 6.45) is -2.58. The Bertz CT molecular complexity index is 1440. The van der Waals surface area contributed by atoms with Crippen molar-refractivity contribution in [3.05, 3.63) is 82.8 Å². The molecule has 0 N–H and O–H groups in total. The van der Waals surface area contributed by atoms with E-state index in [1.54, 1.807) is 24.3 Å². The average Bonchev–Trinajstić information content (AvgIpc) is 2.73. The van der Waals surface area contributed by atoms with Crippen LogP contribution < -0.4 is 5.43 Å². The standard InChI is InChI=1S/C22H14F3NO4S/c1-31(28,29)15-9-6-13(7-10-15)21-19(14-8-11-18(26-12-14)22(23,24)25)20(27)16-4-2-3-5-17(16)30-21/h2-12H,1H3. The average molecular weight is 445 g/mol. The van der Waals surface area contributed by atoms with Crippen molar-refractivity contribution < 1.29 is 26.0 Å². The van der Waals surface area contributed by atoms with Gasteiger partial charge < -0.3 is 4.42 Å². The van der Waals surface area contributed by atoms with Crippen molar-refractivity contribution in [3.8, 4) is 22.5 Å². The maximum absolute atomic E-state index is 13.2. The molecule has 4 aromatic rings. The molecule has 9 heteroatoms. The van der Waals surface area contributed by atoms with Gasteiger partial charge in [0, 0.05) is 23.6 Å². The fourth-order valence-corrected chi connectivity index (χ4v) is 3.80. The summed E-state index contributed by atoms with van der Waals surface area (Å²) in [4.78, 5) is 16.7. The van der Waals surface area contributed by atoms with Crippen molar-refractivity contribution in [3.63, 3.8) is 0 Å². The molecule has 0 aliphatic carbocycles. The minimum absolute atomic E-state index is 0.0343. The molecule has 4 rings (SSSR count). The highest BCUT2D eigenvalue weighted by atomic mass is 32.2. The molecule has 0 bridgehead atoms. The van der Waals surface area contributed by atoms with Gasteiger partial charge >= 0.3 is 6.18 Å². The molecule has 0 aliphatic rings. The van der Waals surface area contributed by atoms with Gasteiger partial charge in [0.1, 0.15) is 17.0 Å². The normalized spacial score (nSPS) is 12.3. The molecule has 0 unspecified atom stereocenters. The summed E-state index contributed by atoms with van der Waals surface area (Å²) in [6.45, 7) is 0. The third-order valence-electron chi connectivity index (χ3n) is 4.69. The molecule has 158 valence electrons. The number of sulfone groups is 1. The van der Waals surface area contributed by atoms with Gasteiger partial charge in [-0.1, -0.05) is 18.2 Å². The highest BCUT2D eigenvalue weighted by Gasteiger charge is 2.32. The maximum Gasteiger partial charge on any atom is 0.433 e. The van der Waals surface area contributed by atoms with Gasteiger partial charge in [-0.2, -0.15) is 13.2 Å². The number of pyridine rings is 1. The number of halogens is 3. The van der Waals surface area contributed by atoms with Crippen LogP contribution in [-0.4, -0.2) is 19.7 Å². The second-order valence-electron chi connectivity index (χ2n) is 6.86. The molecule has 2 heterocycles. The Labute approximate surface area is 174 Å². The van der Waals surface area contributed by atoms with Crippen molar-refractivity contribution in [1.29, 1.82) is 0 Å². The molecule has 0 saturated carbocycles. The molecule has 0 fully saturated rings. The van der Waals surface area contributed by atoms with Crippen molar-refractivity contribution in [2.45, 2.75) is 11.1 Å². The molecular formula is C22H14F3NO4S. The highest BCUT2D eigenvalue weighted by molar-refractivity contribution is 7.90. The summed E-state index contributed by atoms with van der Waals surface area (Å²) >= 11 is 0. The quantitative estimate of drug-likeness (QED) is 0.446. The first-order chi connectivity index (χ1) is 14.6. The molecule has 0 radical (unpaired) electrons. The van der Waals surface area contributed by atoms with Crippen LogP contribution in [0, 0.1) is 0 Å². The van der Waals surface area contributed by atoms with E-state index in [1.165, 1.54) is 24.3 Å². The number of para-hydroxylation sites is 1. The minimum Gasteiger partial charge on any atom is -0.455 e. The largest absolute Gasteiger partial charge is 0.455 e. The molecule has 31 heavy (non-hydrogen) atoms. The zero-order chi connectivity index (χ0) is 22.4. The van der Waals surface area contributed by atoms with Crippen LogP contribution in [0.5, 0.6) is 0 Å². The van der Waals surface area contributed by atoms with E-state index >= 15 is 0 Å². The number of rotatable bonds is 3. The van der Waals surface area contributed by atoms with E-state index in [1.807, 2.05) is 0 Å². The zero-order valence-electron chi connectivity index (χ0n) is 16.0. The Balaban J connectivity index is 1.98. The van der Waals surface area contributed by atoms with Crippen molar-refractivity contribution in [1.82, 2.24) is 4.98 Å². The van der Waals surface area contributed by atoms with Gasteiger partial charge in [-0.15, -0.1) is 0 Å². The van der Waals surface area contributed by atoms with Gasteiger partial charge in [0.25, 0.3) is 0 Å². The third-order valence-corrected chi connectivity index (χ3v) is 5.81. The van der Waals surface area contributed by atoms with Gasteiger partial charge in [-0.05, 0) is 42.5 Å². The number of aromatic nitrogens is 1. The SMILES string of the molecule is CS(=O)(=O)c1ccc(-c2oc3ccccc3c(=O)c2-c2ccc(C(F)(F)F)nc2)cc1. The molecule has 0 spiro atoms. The number of nitrogens with zero attached hydrogens (tertiary/aromatic N) is 1. The number of hydrogen-bond acceptors (Lipinski definition) is 5. The number of benzene rings is 2. The van der Waals surface area contributed by atoms with E-state index < -0.39 is 27.1 Å². The van der Waals surface area contributed by atoms with Gasteiger partial charge in [0.05, 0.1) is 15.8 Å². The van der Waals surface area contributed by atoms with E-state index in [0.717, 1.165) is 24.6 Å². The summed E-state index contributed by atoms with van der Waals surface area (Å²) < 4.78 is 68.1. The van der Waals surface area contributed by atoms with Crippen LogP contribution in [0.25, 0.3) is 33.4 Å². The lowest BCUT2D eigenvalue weighted by molar-refractivity contribution is -0.141. The van der Waals surface area contributed by atoms with E-state index in [2.05, 4.69) is 4.98 Å². The monoisotopic (exact) mass is 445 g/mol. The van der Waals surface area contributed by atoms with Crippen LogP contribution in [0.15, 0.2) is 81.0 Å². The predicted octanol–water partition coefficient (Wildman–Crippen LogP) is 4.94. The second kappa shape index (κ2) is 7.35. The Morgan fingerprint density at radius 1 is 0.903 bits per heavy atom. The fourth-order valence-electron chi connectivity index (χ4n) is 3.17. The molecule has 2 aromatic heterocycles. The molecular weight excluding hydrogens is 431 g/mol. The van der Waals surface area contributed by atoms with Gasteiger partial charge in [-0.25, -0.2) is 8.42 Å². The molecule has 0 atom stereocenters. The first-order valence-electron chi connectivity index (χ1n) is 8.95. The Kier molecular flexibility index (Phi) is 4.93. The first-order valence-corrected chi connectivity index (χ1v) is 10.8. The zero-order valence-corrected chi connectivity index (χ0v) is 16.8. The summed E-state index contributed by atoms with van der Waals surface area (Å²) in [5.41, 5.74) is -0.656. The molecule has 0 amide bonds. The van der Waals surface area contributed by atoms with Crippen LogP contribution in [0.4, 0.5) is 13.2 Å². The second-order valence-corrected chi connectivity index (χ2v) is 8.87. The van der Waals surface area contributed by atoms with E-state index in [-0.39, 0.29) is 27.2 Å². The fraction of sp³-hybridized carbons (Fsp3) is 0.0909. The number of hydrogen-bond donors (Lipinski definition) is 0. The van der Waals surface area contributed by atoms with Crippen molar-refractivity contribution >= 4 is 20.8 Å². The van der Waals surface area contributed by atoms with Gasteiger partial charge in [-0.3, -0.25) is 9.78 Å². The van der Waals surface area contributed by atoms with Gasteiger partial charge in [0.2, 0.25) is 5.43 Å². The van der Waals surface area contributed by atoms with E-state index in [0.29, 0.717) is 11.1 Å². The van der Waals surface area contributed by atoms with Crippen LogP contribution in [0.2, 0.25) is 0 Å². The Morgan fingerprint density at radius 3 is 2.13 bits per heavy atom. The lowest BCUT2D eigenvalue weighted by Crippen LogP contribution is -2.10. The van der Waals surface area contributed by atoms with E-state index in [4.69, 9.17) is 4.42 Å². The van der Waals surface area contributed by atoms with Crippen LogP contribution in [0.3, 0.4) is 0 Å². The molecule has 0 aliphatic heterocycles. The third kappa shape index (κ3) is 3.96. The number of alkyl halides is 3. The molecule has 0 saturated heterocycles. The Hall–Kier alpha value is -3.46. The predicted molar refractivity (Wildman–Crippen MR) is 109 cm³/mol. The van der Waals surface area contributed by atoms with Crippen molar-refractivity contribution in [2.75, 3.05) is 6.26 Å². The van der Waals surface area contributed by atoms with Gasteiger partial charge in [0.15, 0.2) is 9.84 Å². The highest BCUT2D eigenvalue weighted by Crippen LogP contribution is 2.34. The van der Waals surface area contributed by atoms with Crippen molar-refractivity contribution in [2.24, 2.45) is 0 Å². The van der Waals surface area contributed by atoms with E-state index in [9.17, 15) is 26.4 Å². The lowest BCUT2D eigenvalue weighted by Gasteiger charge is -2.12. The summed E-state index contributed by atoms with van der Waals surface area (Å²) in [7, 11) is -3.43.